The van der Waals surface area contributed by atoms with Crippen LogP contribution in [-0.2, 0) is 10.0 Å². The lowest BCUT2D eigenvalue weighted by Crippen LogP contribution is -2.54. The minimum absolute atomic E-state index is 0.0744. The summed E-state index contributed by atoms with van der Waals surface area (Å²) in [7, 11) is -3.85. The largest absolute Gasteiger partial charge is 0.409 e. The van der Waals surface area contributed by atoms with Crippen molar-refractivity contribution < 1.29 is 13.6 Å². The Labute approximate surface area is 141 Å². The number of halogens is 2. The van der Waals surface area contributed by atoms with Crippen LogP contribution in [0.1, 0.15) is 25.8 Å². The van der Waals surface area contributed by atoms with Crippen LogP contribution in [0.15, 0.2) is 31.1 Å². The molecule has 6 nitrogen and oxygen atoms in total. The monoisotopic (exact) mass is 441 g/mol. The Morgan fingerprint density at radius 1 is 1.43 bits per heavy atom. The second-order valence-corrected chi connectivity index (χ2v) is 8.17. The van der Waals surface area contributed by atoms with Crippen LogP contribution in [0, 0.1) is 6.92 Å². The molecule has 1 rings (SSSR count). The second-order valence-electron chi connectivity index (χ2n) is 4.81. The predicted molar refractivity (Wildman–Crippen MR) is 89.0 cm³/mol. The number of aryl methyl sites for hydroxylation is 1. The Kier molecular flexibility index (Phi) is 5.82. The van der Waals surface area contributed by atoms with Crippen molar-refractivity contribution in [3.05, 3.63) is 26.6 Å². The summed E-state index contributed by atoms with van der Waals surface area (Å²) < 4.78 is 28.7. The molecule has 1 atom stereocenters. The Hall–Kier alpha value is -0.640. The van der Waals surface area contributed by atoms with E-state index in [1.165, 1.54) is 6.07 Å². The molecule has 0 bridgehead atoms. The Balaban J connectivity index is 3.33. The zero-order valence-corrected chi connectivity index (χ0v) is 15.8. The molecule has 0 aliphatic heterocycles. The number of nitrogens with zero attached hydrogens (tertiary/aromatic N) is 1. The summed E-state index contributed by atoms with van der Waals surface area (Å²) in [4.78, 5) is 0.0744. The van der Waals surface area contributed by atoms with Crippen molar-refractivity contribution in [1.29, 1.82) is 0 Å². The van der Waals surface area contributed by atoms with E-state index < -0.39 is 15.6 Å². The minimum atomic E-state index is -3.85. The number of sulfonamides is 1. The number of nitrogens with two attached hydrogens (primary N) is 1. The molecule has 9 heteroatoms. The van der Waals surface area contributed by atoms with Gasteiger partial charge < -0.3 is 10.9 Å². The molecule has 0 aliphatic carbocycles. The van der Waals surface area contributed by atoms with Crippen molar-refractivity contribution in [3.8, 4) is 0 Å². The van der Waals surface area contributed by atoms with Gasteiger partial charge in [-0.2, -0.15) is 4.72 Å². The number of hydrogen-bond acceptors (Lipinski definition) is 4. The normalized spacial score (nSPS) is 15.8. The molecule has 0 spiro atoms. The summed E-state index contributed by atoms with van der Waals surface area (Å²) in [5.41, 5.74) is 5.31. The fourth-order valence-electron chi connectivity index (χ4n) is 1.60. The summed E-state index contributed by atoms with van der Waals surface area (Å²) in [6.45, 7) is 5.14. The molecule has 1 aromatic rings. The molecule has 0 aliphatic rings. The van der Waals surface area contributed by atoms with E-state index in [2.05, 4.69) is 41.7 Å². The van der Waals surface area contributed by atoms with E-state index in [1.54, 1.807) is 19.9 Å². The molecule has 118 valence electrons. The molecule has 0 aromatic heterocycles. The average Bonchev–Trinajstić information content (AvgIpc) is 2.40. The number of rotatable bonds is 5. The van der Waals surface area contributed by atoms with E-state index in [-0.39, 0.29) is 10.7 Å². The highest BCUT2D eigenvalue weighted by molar-refractivity contribution is 9.11. The summed E-state index contributed by atoms with van der Waals surface area (Å²) in [5, 5.41) is 11.7. The highest BCUT2D eigenvalue weighted by Crippen LogP contribution is 2.29. The van der Waals surface area contributed by atoms with Crippen LogP contribution < -0.4 is 10.5 Å². The first kappa shape index (κ1) is 18.4. The van der Waals surface area contributed by atoms with Crippen LogP contribution in [-0.4, -0.2) is 25.0 Å². The Bertz CT molecular complexity index is 677. The van der Waals surface area contributed by atoms with Crippen LogP contribution >= 0.6 is 31.9 Å². The van der Waals surface area contributed by atoms with Gasteiger partial charge in [-0.05, 0) is 53.9 Å². The zero-order chi connectivity index (χ0) is 16.4. The molecule has 0 saturated heterocycles. The first-order chi connectivity index (χ1) is 9.57. The van der Waals surface area contributed by atoms with Crippen molar-refractivity contribution in [2.75, 3.05) is 0 Å². The quantitative estimate of drug-likeness (QED) is 0.282. The maximum absolute atomic E-state index is 12.6. The van der Waals surface area contributed by atoms with Crippen molar-refractivity contribution in [3.63, 3.8) is 0 Å². The van der Waals surface area contributed by atoms with Crippen LogP contribution in [0.4, 0.5) is 0 Å². The fraction of sp³-hybridized carbons (Fsp3) is 0.417. The number of hydrogen-bond donors (Lipinski definition) is 3. The third-order valence-corrected chi connectivity index (χ3v) is 6.65. The fourth-order valence-corrected chi connectivity index (χ4v) is 4.73. The molecule has 1 aromatic carbocycles. The van der Waals surface area contributed by atoms with Gasteiger partial charge in [-0.15, -0.1) is 0 Å². The lowest BCUT2D eigenvalue weighted by Gasteiger charge is -2.28. The Morgan fingerprint density at radius 2 is 2.00 bits per heavy atom. The average molecular weight is 443 g/mol. The topological polar surface area (TPSA) is 105 Å². The van der Waals surface area contributed by atoms with Gasteiger partial charge in [-0.25, -0.2) is 8.42 Å². The maximum atomic E-state index is 12.6. The van der Waals surface area contributed by atoms with E-state index in [1.807, 2.05) is 6.92 Å². The lowest BCUT2D eigenvalue weighted by molar-refractivity contribution is 0.310. The van der Waals surface area contributed by atoms with Crippen LogP contribution in [0.25, 0.3) is 0 Å². The third-order valence-electron chi connectivity index (χ3n) is 3.24. The van der Waals surface area contributed by atoms with Gasteiger partial charge in [0.05, 0.1) is 10.4 Å². The van der Waals surface area contributed by atoms with E-state index >= 15 is 0 Å². The highest BCUT2D eigenvalue weighted by atomic mass is 79.9. The van der Waals surface area contributed by atoms with Gasteiger partial charge in [0.25, 0.3) is 0 Å². The number of oxime groups is 1. The molecule has 0 fully saturated rings. The first-order valence-electron chi connectivity index (χ1n) is 6.05. The molecular weight excluding hydrogens is 426 g/mol. The summed E-state index contributed by atoms with van der Waals surface area (Å²) in [6, 6.07) is 3.20. The van der Waals surface area contributed by atoms with Crippen molar-refractivity contribution in [2.24, 2.45) is 10.9 Å². The summed E-state index contributed by atoms with van der Waals surface area (Å²) in [5.74, 6) is -0.198. The Morgan fingerprint density at radius 3 is 2.48 bits per heavy atom. The molecular formula is C12H17Br2N3O3S. The number of benzene rings is 1. The van der Waals surface area contributed by atoms with Crippen molar-refractivity contribution >= 4 is 47.7 Å². The van der Waals surface area contributed by atoms with Crippen LogP contribution in [0.5, 0.6) is 0 Å². The van der Waals surface area contributed by atoms with Gasteiger partial charge >= 0.3 is 0 Å². The third kappa shape index (κ3) is 3.97. The highest BCUT2D eigenvalue weighted by Gasteiger charge is 2.34. The minimum Gasteiger partial charge on any atom is -0.409 e. The first-order valence-corrected chi connectivity index (χ1v) is 9.12. The van der Waals surface area contributed by atoms with Gasteiger partial charge in [0.2, 0.25) is 10.0 Å². The van der Waals surface area contributed by atoms with Gasteiger partial charge in [0, 0.05) is 8.95 Å². The SMILES string of the molecule is CCC(C)(NS(=O)(=O)c1cc(Br)c(C)cc1Br)/C(N)=N/O. The molecule has 0 amide bonds. The van der Waals surface area contributed by atoms with E-state index in [4.69, 9.17) is 10.9 Å². The molecule has 0 heterocycles. The standard InChI is InChI=1S/C12H17Br2N3O3S/c1-4-12(3,11(15)16-18)17-21(19,20)10-6-8(13)7(2)5-9(10)14/h5-6,17-18H,4H2,1-3H3,(H2,15,16). The summed E-state index contributed by atoms with van der Waals surface area (Å²) >= 11 is 6.56. The van der Waals surface area contributed by atoms with E-state index in [0.717, 1.165) is 5.56 Å². The van der Waals surface area contributed by atoms with Crippen LogP contribution in [0.3, 0.4) is 0 Å². The molecule has 1 unspecified atom stereocenters. The second kappa shape index (κ2) is 6.64. The van der Waals surface area contributed by atoms with Crippen molar-refractivity contribution in [1.82, 2.24) is 4.72 Å². The van der Waals surface area contributed by atoms with E-state index in [9.17, 15) is 8.42 Å². The molecule has 4 N–H and O–H groups in total. The van der Waals surface area contributed by atoms with Crippen LogP contribution in [0.2, 0.25) is 0 Å². The molecule has 0 saturated carbocycles. The molecule has 21 heavy (non-hydrogen) atoms. The van der Waals surface area contributed by atoms with Gasteiger partial charge in [0.1, 0.15) is 0 Å². The molecule has 0 radical (unpaired) electrons. The number of nitrogens with one attached hydrogen (secondary N) is 1. The smallest absolute Gasteiger partial charge is 0.242 e. The van der Waals surface area contributed by atoms with Gasteiger partial charge in [-0.3, -0.25) is 0 Å². The maximum Gasteiger partial charge on any atom is 0.242 e. The number of amidine groups is 1. The van der Waals surface area contributed by atoms with E-state index in [0.29, 0.717) is 15.4 Å². The summed E-state index contributed by atoms with van der Waals surface area (Å²) in [6.07, 6.45) is 0.326. The zero-order valence-electron chi connectivity index (χ0n) is 11.8. The van der Waals surface area contributed by atoms with Gasteiger partial charge in [0.15, 0.2) is 5.84 Å². The predicted octanol–water partition coefficient (Wildman–Crippen LogP) is 2.71. The lowest BCUT2D eigenvalue weighted by atomic mass is 10.00. The van der Waals surface area contributed by atoms with Crippen molar-refractivity contribution in [2.45, 2.75) is 37.6 Å². The van der Waals surface area contributed by atoms with Gasteiger partial charge in [-0.1, -0.05) is 28.0 Å².